The lowest BCUT2D eigenvalue weighted by Crippen LogP contribution is -2.30. The predicted molar refractivity (Wildman–Crippen MR) is 307 cm³/mol. The van der Waals surface area contributed by atoms with Crippen molar-refractivity contribution in [1.29, 1.82) is 0 Å². The molecule has 0 fully saturated rings. The van der Waals surface area contributed by atoms with Crippen LogP contribution < -0.4 is 0 Å². The zero-order chi connectivity index (χ0) is 51.4. The topological polar surface area (TPSA) is 78.9 Å². The quantitative estimate of drug-likeness (QED) is 0.0261. The van der Waals surface area contributed by atoms with Crippen LogP contribution in [-0.4, -0.2) is 37.2 Å². The molecule has 6 heteroatoms. The van der Waals surface area contributed by atoms with Crippen LogP contribution in [0.4, 0.5) is 0 Å². The second-order valence-corrected chi connectivity index (χ2v) is 20.2. The maximum absolute atomic E-state index is 12.9. The predicted octanol–water partition coefficient (Wildman–Crippen LogP) is 20.5. The Morgan fingerprint density at radius 2 is 0.521 bits per heavy atom. The standard InChI is InChI=1S/C65H114O6/c1-4-7-10-13-16-19-22-24-26-28-30-32-34-36-38-40-43-46-49-52-55-58-64(67)70-61-62(60-69-63(66)57-54-51-48-45-42-21-18-15-12-9-6-3)71-65(68)59-56-53-50-47-44-41-39-37-35-33-31-29-27-25-23-20-17-14-11-8-5-2/h15,18,22-25,28-31,34,36,62H,4-14,16-17,19-21,26-27,32-33,35,37-61H2,1-3H3/b18-15-,24-22-,25-23-,30-28-,31-29-,36-34-. The van der Waals surface area contributed by atoms with Crippen molar-refractivity contribution in [2.45, 2.75) is 309 Å². The molecule has 0 aromatic carbocycles. The maximum atomic E-state index is 12.9. The van der Waals surface area contributed by atoms with E-state index in [9.17, 15) is 14.4 Å². The molecule has 0 aliphatic carbocycles. The Kier molecular flexibility index (Phi) is 56.8. The van der Waals surface area contributed by atoms with E-state index < -0.39 is 6.10 Å². The van der Waals surface area contributed by atoms with E-state index in [4.69, 9.17) is 14.2 Å². The van der Waals surface area contributed by atoms with Gasteiger partial charge in [-0.05, 0) is 109 Å². The van der Waals surface area contributed by atoms with E-state index in [0.717, 1.165) is 89.9 Å². The summed E-state index contributed by atoms with van der Waals surface area (Å²) in [5.74, 6) is -0.902. The van der Waals surface area contributed by atoms with Crippen molar-refractivity contribution in [1.82, 2.24) is 0 Å². The highest BCUT2D eigenvalue weighted by Gasteiger charge is 2.19. The van der Waals surface area contributed by atoms with Crippen molar-refractivity contribution in [2.24, 2.45) is 0 Å². The monoisotopic (exact) mass is 991 g/mol. The highest BCUT2D eigenvalue weighted by Crippen LogP contribution is 2.15. The molecule has 0 aliphatic heterocycles. The minimum atomic E-state index is -0.787. The maximum Gasteiger partial charge on any atom is 0.306 e. The van der Waals surface area contributed by atoms with Gasteiger partial charge in [-0.2, -0.15) is 0 Å². The van der Waals surface area contributed by atoms with Crippen molar-refractivity contribution < 1.29 is 28.6 Å². The Morgan fingerprint density at radius 1 is 0.282 bits per heavy atom. The van der Waals surface area contributed by atoms with E-state index in [0.29, 0.717) is 19.3 Å². The minimum Gasteiger partial charge on any atom is -0.462 e. The number of carbonyl (C=O) groups is 3. The highest BCUT2D eigenvalue weighted by molar-refractivity contribution is 5.71. The first-order chi connectivity index (χ1) is 35.0. The molecular formula is C65H114O6. The lowest BCUT2D eigenvalue weighted by molar-refractivity contribution is -0.167. The van der Waals surface area contributed by atoms with Crippen molar-refractivity contribution >= 4 is 17.9 Å². The first kappa shape index (κ1) is 67.8. The summed E-state index contributed by atoms with van der Waals surface area (Å²) in [6, 6.07) is 0. The molecule has 0 amide bonds. The number of hydrogen-bond acceptors (Lipinski definition) is 6. The fraction of sp³-hybridized carbons (Fsp3) is 0.769. The first-order valence-electron chi connectivity index (χ1n) is 30.4. The summed E-state index contributed by atoms with van der Waals surface area (Å²) in [7, 11) is 0. The third-order valence-corrected chi connectivity index (χ3v) is 13.2. The van der Waals surface area contributed by atoms with E-state index in [1.165, 1.54) is 173 Å². The smallest absolute Gasteiger partial charge is 0.306 e. The normalized spacial score (nSPS) is 12.5. The molecule has 6 nitrogen and oxygen atoms in total. The third-order valence-electron chi connectivity index (χ3n) is 13.2. The lowest BCUT2D eigenvalue weighted by Gasteiger charge is -2.18. The molecule has 410 valence electrons. The molecule has 0 spiro atoms. The van der Waals surface area contributed by atoms with E-state index in [1.807, 2.05) is 0 Å². The summed E-state index contributed by atoms with van der Waals surface area (Å²) >= 11 is 0. The molecule has 1 atom stereocenters. The van der Waals surface area contributed by atoms with Crippen LogP contribution in [0.15, 0.2) is 72.9 Å². The zero-order valence-corrected chi connectivity index (χ0v) is 47.0. The van der Waals surface area contributed by atoms with Crippen LogP contribution >= 0.6 is 0 Å². The number of allylic oxidation sites excluding steroid dienone is 12. The Hall–Kier alpha value is -3.15. The van der Waals surface area contributed by atoms with Crippen LogP contribution in [0, 0.1) is 0 Å². The van der Waals surface area contributed by atoms with Crippen molar-refractivity contribution in [3.05, 3.63) is 72.9 Å². The third kappa shape index (κ3) is 57.6. The fourth-order valence-corrected chi connectivity index (χ4v) is 8.52. The molecule has 0 radical (unpaired) electrons. The van der Waals surface area contributed by atoms with Crippen LogP contribution in [0.1, 0.15) is 303 Å². The van der Waals surface area contributed by atoms with E-state index in [1.54, 1.807) is 0 Å². The zero-order valence-electron chi connectivity index (χ0n) is 47.0. The van der Waals surface area contributed by atoms with Gasteiger partial charge in [0.1, 0.15) is 13.2 Å². The minimum absolute atomic E-state index is 0.0853. The number of esters is 3. The first-order valence-corrected chi connectivity index (χ1v) is 30.4. The SMILES string of the molecule is CCCC/C=C\CCCCCCCC(=O)OCC(COC(=O)CCCCCCCC/C=C\C/C=C\C/C=C\CCCCCCC)OC(=O)CCCCCCCCCCC/C=C\C/C=C\CCCCCCC. The van der Waals surface area contributed by atoms with Gasteiger partial charge >= 0.3 is 17.9 Å². The Morgan fingerprint density at radius 3 is 0.845 bits per heavy atom. The number of carbonyl (C=O) groups excluding carboxylic acids is 3. The van der Waals surface area contributed by atoms with Crippen molar-refractivity contribution in [2.75, 3.05) is 13.2 Å². The Bertz CT molecular complexity index is 1320. The van der Waals surface area contributed by atoms with Crippen LogP contribution in [0.5, 0.6) is 0 Å². The Labute approximate surface area is 440 Å². The fourth-order valence-electron chi connectivity index (χ4n) is 8.52. The van der Waals surface area contributed by atoms with Gasteiger partial charge in [0.05, 0.1) is 0 Å². The van der Waals surface area contributed by atoms with Gasteiger partial charge in [-0.15, -0.1) is 0 Å². The van der Waals surface area contributed by atoms with Gasteiger partial charge in [-0.3, -0.25) is 14.4 Å². The molecule has 0 aromatic rings. The van der Waals surface area contributed by atoms with Crippen LogP contribution in [-0.2, 0) is 28.6 Å². The summed E-state index contributed by atoms with van der Waals surface area (Å²) in [6.07, 6.45) is 76.1. The van der Waals surface area contributed by atoms with Gasteiger partial charge in [-0.1, -0.05) is 248 Å². The van der Waals surface area contributed by atoms with Crippen molar-refractivity contribution in [3.63, 3.8) is 0 Å². The van der Waals surface area contributed by atoms with Gasteiger partial charge in [0.25, 0.3) is 0 Å². The second-order valence-electron chi connectivity index (χ2n) is 20.2. The summed E-state index contributed by atoms with van der Waals surface area (Å²) in [6.45, 7) is 6.58. The second kappa shape index (κ2) is 59.4. The van der Waals surface area contributed by atoms with E-state index >= 15 is 0 Å². The number of hydrogen-bond donors (Lipinski definition) is 0. The molecular weight excluding hydrogens is 877 g/mol. The van der Waals surface area contributed by atoms with E-state index in [2.05, 4.69) is 93.7 Å². The summed E-state index contributed by atoms with van der Waals surface area (Å²) in [5, 5.41) is 0. The molecule has 0 aliphatic rings. The number of ether oxygens (including phenoxy) is 3. The molecule has 71 heavy (non-hydrogen) atoms. The van der Waals surface area contributed by atoms with Gasteiger partial charge in [0.2, 0.25) is 0 Å². The van der Waals surface area contributed by atoms with Gasteiger partial charge in [0.15, 0.2) is 6.10 Å². The average Bonchev–Trinajstić information content (AvgIpc) is 3.37. The number of unbranched alkanes of at least 4 members (excludes halogenated alkanes) is 32. The summed E-state index contributed by atoms with van der Waals surface area (Å²) < 4.78 is 16.9. The molecule has 0 rings (SSSR count). The van der Waals surface area contributed by atoms with Gasteiger partial charge in [-0.25, -0.2) is 0 Å². The molecule has 0 saturated heterocycles. The molecule has 0 saturated carbocycles. The van der Waals surface area contributed by atoms with Crippen LogP contribution in [0.3, 0.4) is 0 Å². The molecule has 0 N–H and O–H groups in total. The summed E-state index contributed by atoms with van der Waals surface area (Å²) in [4.78, 5) is 38.2. The molecule has 0 aromatic heterocycles. The molecule has 0 heterocycles. The van der Waals surface area contributed by atoms with Crippen LogP contribution in [0.25, 0.3) is 0 Å². The average molecular weight is 992 g/mol. The Balaban J connectivity index is 4.34. The molecule has 1 unspecified atom stereocenters. The highest BCUT2D eigenvalue weighted by atomic mass is 16.6. The van der Waals surface area contributed by atoms with E-state index in [-0.39, 0.29) is 31.1 Å². The lowest BCUT2D eigenvalue weighted by atomic mass is 10.1. The number of rotatable bonds is 55. The van der Waals surface area contributed by atoms with Gasteiger partial charge < -0.3 is 14.2 Å². The van der Waals surface area contributed by atoms with Gasteiger partial charge in [0, 0.05) is 19.3 Å². The summed E-state index contributed by atoms with van der Waals surface area (Å²) in [5.41, 5.74) is 0. The van der Waals surface area contributed by atoms with Crippen LogP contribution in [0.2, 0.25) is 0 Å². The molecule has 0 bridgehead atoms. The van der Waals surface area contributed by atoms with Crippen molar-refractivity contribution in [3.8, 4) is 0 Å². The largest absolute Gasteiger partial charge is 0.462 e.